The topological polar surface area (TPSA) is 72.3 Å². The van der Waals surface area contributed by atoms with Crippen molar-refractivity contribution in [3.8, 4) is 0 Å². The van der Waals surface area contributed by atoms with Gasteiger partial charge in [0.15, 0.2) is 0 Å². The zero-order chi connectivity index (χ0) is 17.6. The predicted molar refractivity (Wildman–Crippen MR) is 95.0 cm³/mol. The van der Waals surface area contributed by atoms with Crippen LogP contribution >= 0.6 is 0 Å². The van der Waals surface area contributed by atoms with Crippen molar-refractivity contribution >= 4 is 16.7 Å². The van der Waals surface area contributed by atoms with E-state index in [0.717, 1.165) is 27.6 Å². The van der Waals surface area contributed by atoms with Crippen LogP contribution in [0.1, 0.15) is 28.9 Å². The number of benzene rings is 1. The van der Waals surface area contributed by atoms with Gasteiger partial charge >= 0.3 is 5.97 Å². The fraction of sp³-hybridized carbons (Fsp3) is 0.250. The molecule has 1 N–H and O–H groups in total. The molecule has 3 aromatic rings. The van der Waals surface area contributed by atoms with E-state index in [1.54, 1.807) is 12.4 Å². The van der Waals surface area contributed by atoms with Gasteiger partial charge < -0.3 is 9.84 Å². The molecule has 5 heteroatoms. The summed E-state index contributed by atoms with van der Waals surface area (Å²) in [6, 6.07) is 11.9. The summed E-state index contributed by atoms with van der Waals surface area (Å²) >= 11 is 0. The van der Waals surface area contributed by atoms with E-state index in [1.165, 1.54) is 7.11 Å². The van der Waals surface area contributed by atoms with Gasteiger partial charge in [-0.2, -0.15) is 0 Å². The number of aromatic nitrogens is 2. The minimum absolute atomic E-state index is 0.0928. The van der Waals surface area contributed by atoms with Gasteiger partial charge in [0, 0.05) is 30.6 Å². The SMILES string of the molecule is COC(=O)CCc1cccc(Cc2nc(CO)cc3ccncc23)c1. The molecule has 3 rings (SSSR count). The number of aliphatic hydroxyl groups is 1. The van der Waals surface area contributed by atoms with E-state index >= 15 is 0 Å². The second-order valence-corrected chi connectivity index (χ2v) is 5.89. The summed E-state index contributed by atoms with van der Waals surface area (Å²) in [6.07, 6.45) is 5.20. The van der Waals surface area contributed by atoms with E-state index in [9.17, 15) is 9.90 Å². The Balaban J connectivity index is 1.87. The maximum atomic E-state index is 11.3. The van der Waals surface area contributed by atoms with Crippen molar-refractivity contribution < 1.29 is 14.6 Å². The average molecular weight is 336 g/mol. The van der Waals surface area contributed by atoms with E-state index in [0.29, 0.717) is 25.0 Å². The first-order valence-electron chi connectivity index (χ1n) is 8.17. The number of methoxy groups -OCH3 is 1. The molecule has 0 aliphatic carbocycles. The molecule has 0 spiro atoms. The highest BCUT2D eigenvalue weighted by Gasteiger charge is 2.08. The Hall–Kier alpha value is -2.79. The quantitative estimate of drug-likeness (QED) is 0.701. The summed E-state index contributed by atoms with van der Waals surface area (Å²) in [4.78, 5) is 20.1. The molecule has 0 aliphatic rings. The minimum atomic E-state index is -0.209. The number of nitrogens with zero attached hydrogens (tertiary/aromatic N) is 2. The molecule has 0 radical (unpaired) electrons. The van der Waals surface area contributed by atoms with Crippen molar-refractivity contribution in [1.82, 2.24) is 9.97 Å². The Bertz CT molecular complexity index is 893. The first kappa shape index (κ1) is 17.0. The molecule has 0 amide bonds. The van der Waals surface area contributed by atoms with Crippen LogP contribution < -0.4 is 0 Å². The van der Waals surface area contributed by atoms with Crippen LogP contribution in [0, 0.1) is 0 Å². The summed E-state index contributed by atoms with van der Waals surface area (Å²) in [5, 5.41) is 11.5. The fourth-order valence-corrected chi connectivity index (χ4v) is 2.87. The Kier molecular flexibility index (Phi) is 5.36. The largest absolute Gasteiger partial charge is 0.469 e. The van der Waals surface area contributed by atoms with Crippen molar-refractivity contribution in [2.45, 2.75) is 25.9 Å². The zero-order valence-corrected chi connectivity index (χ0v) is 14.1. The number of pyridine rings is 2. The molecule has 25 heavy (non-hydrogen) atoms. The molecule has 0 saturated heterocycles. The maximum absolute atomic E-state index is 11.3. The molecular formula is C20H20N2O3. The summed E-state index contributed by atoms with van der Waals surface area (Å²) in [5.74, 6) is -0.209. The van der Waals surface area contributed by atoms with E-state index < -0.39 is 0 Å². The standard InChI is InChI=1S/C20H20N2O3/c1-25-20(24)6-5-14-3-2-4-15(9-14)10-19-18-12-21-8-7-16(18)11-17(13-23)22-19/h2-4,7-9,11-12,23H,5-6,10,13H2,1H3. The number of carbonyl (C=O) groups excluding carboxylic acids is 1. The average Bonchev–Trinajstić information content (AvgIpc) is 2.66. The minimum Gasteiger partial charge on any atom is -0.469 e. The van der Waals surface area contributed by atoms with Gasteiger partial charge in [-0.15, -0.1) is 0 Å². The van der Waals surface area contributed by atoms with Gasteiger partial charge in [0.2, 0.25) is 0 Å². The van der Waals surface area contributed by atoms with E-state index in [4.69, 9.17) is 4.74 Å². The first-order valence-corrected chi connectivity index (χ1v) is 8.17. The highest BCUT2D eigenvalue weighted by Crippen LogP contribution is 2.21. The second kappa shape index (κ2) is 7.85. The van der Waals surface area contributed by atoms with Crippen LogP contribution in [0.4, 0.5) is 0 Å². The van der Waals surface area contributed by atoms with Crippen LogP contribution in [0.25, 0.3) is 10.8 Å². The second-order valence-electron chi connectivity index (χ2n) is 5.89. The van der Waals surface area contributed by atoms with E-state index in [2.05, 4.69) is 16.0 Å². The third kappa shape index (κ3) is 4.19. The Morgan fingerprint density at radius 2 is 2.04 bits per heavy atom. The fourth-order valence-electron chi connectivity index (χ4n) is 2.87. The van der Waals surface area contributed by atoms with Crippen molar-refractivity contribution in [2.24, 2.45) is 0 Å². The van der Waals surface area contributed by atoms with E-state index in [-0.39, 0.29) is 12.6 Å². The number of rotatable bonds is 6. The van der Waals surface area contributed by atoms with Crippen LogP contribution in [0.3, 0.4) is 0 Å². The monoisotopic (exact) mass is 336 g/mol. The highest BCUT2D eigenvalue weighted by atomic mass is 16.5. The third-order valence-electron chi connectivity index (χ3n) is 4.14. The van der Waals surface area contributed by atoms with Gasteiger partial charge in [-0.3, -0.25) is 14.8 Å². The van der Waals surface area contributed by atoms with Gasteiger partial charge in [-0.25, -0.2) is 0 Å². The number of hydrogen-bond acceptors (Lipinski definition) is 5. The number of esters is 1. The van der Waals surface area contributed by atoms with E-state index in [1.807, 2.05) is 30.3 Å². The molecule has 0 unspecified atom stereocenters. The van der Waals surface area contributed by atoms with Crippen LogP contribution in [0.5, 0.6) is 0 Å². The van der Waals surface area contributed by atoms with Crippen LogP contribution in [-0.4, -0.2) is 28.2 Å². The molecule has 0 atom stereocenters. The number of aliphatic hydroxyl groups excluding tert-OH is 1. The molecule has 0 saturated carbocycles. The van der Waals surface area contributed by atoms with Gasteiger partial charge in [0.05, 0.1) is 25.1 Å². The molecule has 5 nitrogen and oxygen atoms in total. The molecule has 0 bridgehead atoms. The van der Waals surface area contributed by atoms with Gasteiger partial charge in [-0.1, -0.05) is 24.3 Å². The number of ether oxygens (including phenoxy) is 1. The lowest BCUT2D eigenvalue weighted by Gasteiger charge is -2.09. The molecule has 2 heterocycles. The Labute approximate surface area is 146 Å². The smallest absolute Gasteiger partial charge is 0.305 e. The summed E-state index contributed by atoms with van der Waals surface area (Å²) in [6.45, 7) is -0.0928. The Morgan fingerprint density at radius 1 is 1.20 bits per heavy atom. The van der Waals surface area contributed by atoms with Crippen LogP contribution in [-0.2, 0) is 29.0 Å². The highest BCUT2D eigenvalue weighted by molar-refractivity contribution is 5.84. The van der Waals surface area contributed by atoms with Crippen molar-refractivity contribution in [3.63, 3.8) is 0 Å². The van der Waals surface area contributed by atoms with Crippen molar-refractivity contribution in [2.75, 3.05) is 7.11 Å². The molecular weight excluding hydrogens is 316 g/mol. The lowest BCUT2D eigenvalue weighted by atomic mass is 10.0. The predicted octanol–water partition coefficient (Wildman–Crippen LogP) is 2.82. The number of aryl methyl sites for hydroxylation is 1. The first-order chi connectivity index (χ1) is 12.2. The van der Waals surface area contributed by atoms with Gasteiger partial charge in [0.1, 0.15) is 0 Å². The Morgan fingerprint density at radius 3 is 2.84 bits per heavy atom. The maximum Gasteiger partial charge on any atom is 0.305 e. The lowest BCUT2D eigenvalue weighted by Crippen LogP contribution is -2.03. The molecule has 128 valence electrons. The summed E-state index contributed by atoms with van der Waals surface area (Å²) < 4.78 is 4.69. The van der Waals surface area contributed by atoms with Gasteiger partial charge in [-0.05, 0) is 35.1 Å². The van der Waals surface area contributed by atoms with Crippen molar-refractivity contribution in [1.29, 1.82) is 0 Å². The van der Waals surface area contributed by atoms with Crippen molar-refractivity contribution in [3.05, 3.63) is 71.3 Å². The molecule has 0 aliphatic heterocycles. The van der Waals surface area contributed by atoms with Gasteiger partial charge in [0.25, 0.3) is 0 Å². The van der Waals surface area contributed by atoms with Crippen LogP contribution in [0.2, 0.25) is 0 Å². The zero-order valence-electron chi connectivity index (χ0n) is 14.1. The summed E-state index contributed by atoms with van der Waals surface area (Å²) in [7, 11) is 1.40. The third-order valence-corrected chi connectivity index (χ3v) is 4.14. The number of fused-ring (bicyclic) bond motifs is 1. The molecule has 2 aromatic heterocycles. The normalized spacial score (nSPS) is 10.8. The lowest BCUT2D eigenvalue weighted by molar-refractivity contribution is -0.140. The number of hydrogen-bond donors (Lipinski definition) is 1. The molecule has 0 fully saturated rings. The summed E-state index contributed by atoms with van der Waals surface area (Å²) in [5.41, 5.74) is 3.73. The number of carbonyl (C=O) groups is 1. The van der Waals surface area contributed by atoms with Crippen LogP contribution in [0.15, 0.2) is 48.8 Å². The molecule has 1 aromatic carbocycles.